The minimum Gasteiger partial charge on any atom is -0.497 e. The minimum atomic E-state index is 0.743. The fourth-order valence-corrected chi connectivity index (χ4v) is 2.82. The molecule has 3 aromatic rings. The highest BCUT2D eigenvalue weighted by atomic mass is 32.1. The van der Waals surface area contributed by atoms with Gasteiger partial charge in [-0.2, -0.15) is 5.10 Å². The number of aromatic nitrogens is 2. The van der Waals surface area contributed by atoms with Crippen LogP contribution in [0.15, 0.2) is 36.5 Å². The molecular formula is C14H14N2O2S. The van der Waals surface area contributed by atoms with E-state index in [1.165, 1.54) is 5.56 Å². The molecule has 0 saturated heterocycles. The largest absolute Gasteiger partial charge is 0.497 e. The van der Waals surface area contributed by atoms with Crippen LogP contribution in [-0.2, 0) is 6.54 Å². The lowest BCUT2D eigenvalue weighted by molar-refractivity contribution is 0.414. The highest BCUT2D eigenvalue weighted by molar-refractivity contribution is 7.20. The van der Waals surface area contributed by atoms with Gasteiger partial charge in [-0.15, -0.1) is 0 Å². The Balaban J connectivity index is 1.89. The van der Waals surface area contributed by atoms with Crippen molar-refractivity contribution in [1.82, 2.24) is 9.78 Å². The van der Waals surface area contributed by atoms with E-state index in [-0.39, 0.29) is 0 Å². The van der Waals surface area contributed by atoms with Gasteiger partial charge in [-0.05, 0) is 17.7 Å². The van der Waals surface area contributed by atoms with Gasteiger partial charge < -0.3 is 9.47 Å². The Labute approximate surface area is 115 Å². The lowest BCUT2D eigenvalue weighted by atomic mass is 10.2. The summed E-state index contributed by atoms with van der Waals surface area (Å²) in [4.78, 5) is 0. The van der Waals surface area contributed by atoms with Crippen molar-refractivity contribution in [3.05, 3.63) is 42.1 Å². The normalized spacial score (nSPS) is 10.8. The zero-order valence-electron chi connectivity index (χ0n) is 10.8. The Bertz CT molecular complexity index is 685. The summed E-state index contributed by atoms with van der Waals surface area (Å²) in [6.45, 7) is 0.743. The van der Waals surface area contributed by atoms with Gasteiger partial charge in [0, 0.05) is 6.07 Å². The number of hydrogen-bond donors (Lipinski definition) is 0. The second-order valence-corrected chi connectivity index (χ2v) is 5.22. The summed E-state index contributed by atoms with van der Waals surface area (Å²) in [5, 5.41) is 5.32. The van der Waals surface area contributed by atoms with Crippen LogP contribution in [-0.4, -0.2) is 24.0 Å². The predicted octanol–water partition coefficient (Wildman–Crippen LogP) is 3.16. The van der Waals surface area contributed by atoms with Gasteiger partial charge in [0.05, 0.1) is 37.2 Å². The zero-order chi connectivity index (χ0) is 13.2. The molecule has 0 bridgehead atoms. The summed E-state index contributed by atoms with van der Waals surface area (Å²) < 4.78 is 13.5. The van der Waals surface area contributed by atoms with E-state index in [0.29, 0.717) is 0 Å². The fourth-order valence-electron chi connectivity index (χ4n) is 1.98. The molecule has 0 amide bonds. The van der Waals surface area contributed by atoms with E-state index in [2.05, 4.69) is 17.2 Å². The number of hydrogen-bond acceptors (Lipinski definition) is 4. The second-order valence-electron chi connectivity index (χ2n) is 4.17. The molecule has 5 heteroatoms. The van der Waals surface area contributed by atoms with Crippen molar-refractivity contribution < 1.29 is 9.47 Å². The third-order valence-electron chi connectivity index (χ3n) is 3.00. The van der Waals surface area contributed by atoms with Gasteiger partial charge in [0.2, 0.25) is 0 Å². The first-order valence-corrected chi connectivity index (χ1v) is 6.74. The third-order valence-corrected chi connectivity index (χ3v) is 4.02. The van der Waals surface area contributed by atoms with E-state index < -0.39 is 0 Å². The lowest BCUT2D eigenvalue weighted by Gasteiger charge is -2.04. The number of rotatable bonds is 4. The second kappa shape index (κ2) is 4.93. The highest BCUT2D eigenvalue weighted by Gasteiger charge is 2.08. The first-order valence-electron chi connectivity index (χ1n) is 5.92. The van der Waals surface area contributed by atoms with Crippen LogP contribution >= 0.6 is 11.3 Å². The van der Waals surface area contributed by atoms with Crippen LogP contribution < -0.4 is 9.47 Å². The van der Waals surface area contributed by atoms with Gasteiger partial charge in [0.25, 0.3) is 0 Å². The quantitative estimate of drug-likeness (QED) is 0.733. The van der Waals surface area contributed by atoms with E-state index in [4.69, 9.17) is 9.47 Å². The topological polar surface area (TPSA) is 36.3 Å². The van der Waals surface area contributed by atoms with Gasteiger partial charge in [-0.1, -0.05) is 23.5 Å². The molecule has 19 heavy (non-hydrogen) atoms. The Hall–Kier alpha value is -2.01. The van der Waals surface area contributed by atoms with Crippen LogP contribution in [0.25, 0.3) is 10.2 Å². The molecule has 0 aliphatic carbocycles. The van der Waals surface area contributed by atoms with Crippen LogP contribution in [0.5, 0.6) is 10.8 Å². The first kappa shape index (κ1) is 12.0. The molecule has 0 unspecified atom stereocenters. The standard InChI is InChI=1S/C14H14N2O2S/c1-17-11-5-3-10(4-6-11)9-16-12-7-14(18-2)19-13(12)8-15-16/h3-8H,9H2,1-2H3. The van der Waals surface area contributed by atoms with Crippen LogP contribution in [0.1, 0.15) is 5.56 Å². The number of thiophene rings is 1. The molecule has 0 N–H and O–H groups in total. The molecule has 4 nitrogen and oxygen atoms in total. The molecule has 0 fully saturated rings. The molecule has 0 aliphatic heterocycles. The van der Waals surface area contributed by atoms with Crippen LogP contribution in [0.3, 0.4) is 0 Å². The Morgan fingerprint density at radius 2 is 1.95 bits per heavy atom. The number of methoxy groups -OCH3 is 2. The third kappa shape index (κ3) is 2.29. The Morgan fingerprint density at radius 1 is 1.16 bits per heavy atom. The van der Waals surface area contributed by atoms with Crippen LogP contribution in [0.2, 0.25) is 0 Å². The molecular weight excluding hydrogens is 260 g/mol. The van der Waals surface area contributed by atoms with E-state index in [1.807, 2.05) is 29.1 Å². The molecule has 0 spiro atoms. The van der Waals surface area contributed by atoms with Gasteiger partial charge in [0.1, 0.15) is 5.75 Å². The zero-order valence-corrected chi connectivity index (χ0v) is 11.6. The summed E-state index contributed by atoms with van der Waals surface area (Å²) in [5.41, 5.74) is 2.30. The average Bonchev–Trinajstić information content (AvgIpc) is 3.01. The highest BCUT2D eigenvalue weighted by Crippen LogP contribution is 2.31. The van der Waals surface area contributed by atoms with E-state index in [1.54, 1.807) is 25.6 Å². The number of fused-ring (bicyclic) bond motifs is 1. The summed E-state index contributed by atoms with van der Waals surface area (Å²) in [7, 11) is 3.36. The molecule has 0 aliphatic rings. The smallest absolute Gasteiger partial charge is 0.176 e. The van der Waals surface area contributed by atoms with Gasteiger partial charge in [-0.3, -0.25) is 4.68 Å². The molecule has 0 radical (unpaired) electrons. The minimum absolute atomic E-state index is 0.743. The van der Waals surface area contributed by atoms with E-state index >= 15 is 0 Å². The average molecular weight is 274 g/mol. The fraction of sp³-hybridized carbons (Fsp3) is 0.214. The van der Waals surface area contributed by atoms with E-state index in [0.717, 1.165) is 27.6 Å². The Morgan fingerprint density at radius 3 is 2.63 bits per heavy atom. The van der Waals surface area contributed by atoms with Crippen molar-refractivity contribution in [3.8, 4) is 10.8 Å². The molecule has 3 rings (SSSR count). The number of ether oxygens (including phenoxy) is 2. The van der Waals surface area contributed by atoms with Gasteiger partial charge in [0.15, 0.2) is 5.06 Å². The molecule has 0 saturated carbocycles. The summed E-state index contributed by atoms with van der Waals surface area (Å²) in [5.74, 6) is 0.867. The molecule has 98 valence electrons. The van der Waals surface area contributed by atoms with Crippen LogP contribution in [0, 0.1) is 0 Å². The monoisotopic (exact) mass is 274 g/mol. The van der Waals surface area contributed by atoms with Crippen LogP contribution in [0.4, 0.5) is 0 Å². The summed E-state index contributed by atoms with van der Waals surface area (Å²) >= 11 is 1.61. The SMILES string of the molecule is COc1ccc(Cn2ncc3sc(OC)cc32)cc1. The molecule has 2 aromatic heterocycles. The molecule has 0 atom stereocenters. The molecule has 2 heterocycles. The first-order chi connectivity index (χ1) is 9.30. The summed E-state index contributed by atoms with van der Waals surface area (Å²) in [6.07, 6.45) is 1.88. The van der Waals surface area contributed by atoms with Crippen molar-refractivity contribution in [3.63, 3.8) is 0 Å². The van der Waals surface area contributed by atoms with Gasteiger partial charge in [-0.25, -0.2) is 0 Å². The Kier molecular flexibility index (Phi) is 3.13. The van der Waals surface area contributed by atoms with Crippen molar-refractivity contribution in [2.24, 2.45) is 0 Å². The number of benzene rings is 1. The maximum atomic E-state index is 5.25. The van der Waals surface area contributed by atoms with Crippen molar-refractivity contribution in [1.29, 1.82) is 0 Å². The van der Waals surface area contributed by atoms with Crippen molar-refractivity contribution in [2.45, 2.75) is 6.54 Å². The molecule has 1 aromatic carbocycles. The lowest BCUT2D eigenvalue weighted by Crippen LogP contribution is -2.00. The number of nitrogens with zero attached hydrogens (tertiary/aromatic N) is 2. The van der Waals surface area contributed by atoms with Crippen molar-refractivity contribution in [2.75, 3.05) is 14.2 Å². The van der Waals surface area contributed by atoms with E-state index in [9.17, 15) is 0 Å². The maximum absolute atomic E-state index is 5.25. The van der Waals surface area contributed by atoms with Gasteiger partial charge >= 0.3 is 0 Å². The maximum Gasteiger partial charge on any atom is 0.176 e. The predicted molar refractivity (Wildman–Crippen MR) is 76.3 cm³/mol. The summed E-state index contributed by atoms with van der Waals surface area (Å²) in [6, 6.07) is 10.1. The van der Waals surface area contributed by atoms with Crippen molar-refractivity contribution >= 4 is 21.6 Å².